The number of anilines is 1. The molecule has 1 aliphatic rings. The summed E-state index contributed by atoms with van der Waals surface area (Å²) in [6.07, 6.45) is 1.46. The van der Waals surface area contributed by atoms with Crippen LogP contribution in [0.3, 0.4) is 0 Å². The fraction of sp³-hybridized carbons (Fsp3) is 0.353. The van der Waals surface area contributed by atoms with Crippen molar-refractivity contribution >= 4 is 11.5 Å². The molecule has 9 heteroatoms. The number of aromatic nitrogens is 4. The second-order valence-electron chi connectivity index (χ2n) is 6.20. The van der Waals surface area contributed by atoms with E-state index < -0.39 is 12.8 Å². The number of nitrogens with zero attached hydrogens (tertiary/aromatic N) is 4. The standard InChI is InChI=1S/C17H16F3N5O/c18-17(19,20)10-26-13-5-1-11(2-6-13)9-22-14-16-24-23-15(12-3-4-12)25(16)8-7-21-14/h1-2,5-8,12H,3-4,9-10H2,(H,21,22). The molecule has 1 fully saturated rings. The van der Waals surface area contributed by atoms with Gasteiger partial charge in [0.2, 0.25) is 5.65 Å². The lowest BCUT2D eigenvalue weighted by Crippen LogP contribution is -2.19. The summed E-state index contributed by atoms with van der Waals surface area (Å²) >= 11 is 0. The van der Waals surface area contributed by atoms with E-state index in [1.165, 1.54) is 12.1 Å². The maximum Gasteiger partial charge on any atom is 0.422 e. The predicted molar refractivity (Wildman–Crippen MR) is 88.1 cm³/mol. The molecule has 0 atom stereocenters. The number of alkyl halides is 3. The van der Waals surface area contributed by atoms with E-state index in [9.17, 15) is 13.2 Å². The SMILES string of the molecule is FC(F)(F)COc1ccc(CNc2nccn3c(C4CC4)nnc23)cc1. The first kappa shape index (κ1) is 16.6. The molecule has 0 unspecified atom stereocenters. The fourth-order valence-corrected chi connectivity index (χ4v) is 2.64. The van der Waals surface area contributed by atoms with Crippen molar-refractivity contribution in [2.75, 3.05) is 11.9 Å². The fourth-order valence-electron chi connectivity index (χ4n) is 2.64. The maximum absolute atomic E-state index is 12.2. The van der Waals surface area contributed by atoms with Gasteiger partial charge in [0.15, 0.2) is 12.4 Å². The first-order valence-corrected chi connectivity index (χ1v) is 8.21. The highest BCUT2D eigenvalue weighted by Gasteiger charge is 2.29. The molecular formula is C17H16F3N5O. The van der Waals surface area contributed by atoms with Crippen molar-refractivity contribution < 1.29 is 17.9 Å². The van der Waals surface area contributed by atoms with Gasteiger partial charge in [-0.05, 0) is 30.5 Å². The van der Waals surface area contributed by atoms with Crippen molar-refractivity contribution in [3.05, 3.63) is 48.0 Å². The summed E-state index contributed by atoms with van der Waals surface area (Å²) in [6, 6.07) is 6.44. The van der Waals surface area contributed by atoms with Crippen molar-refractivity contribution in [2.45, 2.75) is 31.5 Å². The lowest BCUT2D eigenvalue weighted by molar-refractivity contribution is -0.153. The summed E-state index contributed by atoms with van der Waals surface area (Å²) < 4.78 is 43.1. The average molecular weight is 363 g/mol. The van der Waals surface area contributed by atoms with Gasteiger partial charge >= 0.3 is 6.18 Å². The molecule has 1 saturated carbocycles. The minimum absolute atomic E-state index is 0.179. The molecule has 2 heterocycles. The number of ether oxygens (including phenoxy) is 1. The molecule has 2 aromatic heterocycles. The lowest BCUT2D eigenvalue weighted by Gasteiger charge is -2.10. The molecular weight excluding hydrogens is 347 g/mol. The van der Waals surface area contributed by atoms with Crippen LogP contribution in [0.2, 0.25) is 0 Å². The van der Waals surface area contributed by atoms with Crippen LogP contribution in [0, 0.1) is 0 Å². The number of nitrogens with one attached hydrogen (secondary N) is 1. The lowest BCUT2D eigenvalue weighted by atomic mass is 10.2. The number of hydrogen-bond acceptors (Lipinski definition) is 5. The minimum Gasteiger partial charge on any atom is -0.484 e. The van der Waals surface area contributed by atoms with Gasteiger partial charge in [-0.3, -0.25) is 4.40 Å². The zero-order valence-electron chi connectivity index (χ0n) is 13.7. The van der Waals surface area contributed by atoms with Crippen molar-refractivity contribution in [1.82, 2.24) is 19.6 Å². The maximum atomic E-state index is 12.2. The molecule has 26 heavy (non-hydrogen) atoms. The van der Waals surface area contributed by atoms with E-state index in [1.54, 1.807) is 18.3 Å². The first-order chi connectivity index (χ1) is 12.5. The van der Waals surface area contributed by atoms with Crippen LogP contribution in [0.4, 0.5) is 19.0 Å². The van der Waals surface area contributed by atoms with E-state index in [1.807, 2.05) is 10.6 Å². The number of fused-ring (bicyclic) bond motifs is 1. The molecule has 1 N–H and O–H groups in total. The molecule has 4 rings (SSSR count). The van der Waals surface area contributed by atoms with Crippen LogP contribution in [0.15, 0.2) is 36.7 Å². The third-order valence-electron chi connectivity index (χ3n) is 4.08. The molecule has 1 aliphatic carbocycles. The van der Waals surface area contributed by atoms with Crippen molar-refractivity contribution in [3.63, 3.8) is 0 Å². The Morgan fingerprint density at radius 1 is 1.15 bits per heavy atom. The van der Waals surface area contributed by atoms with Gasteiger partial charge in [-0.15, -0.1) is 10.2 Å². The summed E-state index contributed by atoms with van der Waals surface area (Å²) in [4.78, 5) is 4.30. The number of rotatable bonds is 6. The Kier molecular flexibility index (Phi) is 4.14. The van der Waals surface area contributed by atoms with Crippen LogP contribution in [0.5, 0.6) is 5.75 Å². The van der Waals surface area contributed by atoms with E-state index in [0.717, 1.165) is 24.2 Å². The number of halogens is 3. The highest BCUT2D eigenvalue weighted by atomic mass is 19.4. The molecule has 0 amide bonds. The number of hydrogen-bond donors (Lipinski definition) is 1. The Bertz CT molecular complexity index is 903. The monoisotopic (exact) mass is 363 g/mol. The first-order valence-electron chi connectivity index (χ1n) is 8.21. The Hall–Kier alpha value is -2.84. The summed E-state index contributed by atoms with van der Waals surface area (Å²) in [7, 11) is 0. The molecule has 6 nitrogen and oxygen atoms in total. The second-order valence-corrected chi connectivity index (χ2v) is 6.20. The molecule has 0 spiro atoms. The van der Waals surface area contributed by atoms with E-state index in [2.05, 4.69) is 20.5 Å². The Labute approximate surface area is 147 Å². The van der Waals surface area contributed by atoms with Crippen LogP contribution in [-0.2, 0) is 6.54 Å². The van der Waals surface area contributed by atoms with Crippen LogP contribution < -0.4 is 10.1 Å². The van der Waals surface area contributed by atoms with Crippen molar-refractivity contribution in [1.29, 1.82) is 0 Å². The van der Waals surface area contributed by atoms with E-state index >= 15 is 0 Å². The van der Waals surface area contributed by atoms with Crippen LogP contribution >= 0.6 is 0 Å². The summed E-state index contributed by atoms with van der Waals surface area (Å²) in [5, 5.41) is 11.7. The van der Waals surface area contributed by atoms with Crippen molar-refractivity contribution in [3.8, 4) is 5.75 Å². The molecule has 1 aromatic carbocycles. The zero-order chi connectivity index (χ0) is 18.1. The average Bonchev–Trinajstić information content (AvgIpc) is 3.37. The predicted octanol–water partition coefficient (Wildman–Crippen LogP) is 3.55. The van der Waals surface area contributed by atoms with Crippen LogP contribution in [0.1, 0.15) is 30.1 Å². The molecule has 0 saturated heterocycles. The van der Waals surface area contributed by atoms with Gasteiger partial charge in [0, 0.05) is 24.9 Å². The molecule has 0 bridgehead atoms. The topological polar surface area (TPSA) is 64.3 Å². The molecule has 0 aliphatic heterocycles. The molecule has 3 aromatic rings. The second kappa shape index (κ2) is 6.47. The van der Waals surface area contributed by atoms with Gasteiger partial charge in [0.25, 0.3) is 0 Å². The molecule has 0 radical (unpaired) electrons. The zero-order valence-corrected chi connectivity index (χ0v) is 13.7. The van der Waals surface area contributed by atoms with E-state index in [4.69, 9.17) is 4.74 Å². The summed E-state index contributed by atoms with van der Waals surface area (Å²) in [5.74, 6) is 2.23. The highest BCUT2D eigenvalue weighted by Crippen LogP contribution is 2.39. The van der Waals surface area contributed by atoms with Crippen molar-refractivity contribution in [2.24, 2.45) is 0 Å². The highest BCUT2D eigenvalue weighted by molar-refractivity contribution is 5.62. The normalized spacial score (nSPS) is 14.6. The van der Waals surface area contributed by atoms with Gasteiger partial charge < -0.3 is 10.1 Å². The van der Waals surface area contributed by atoms with Gasteiger partial charge in [-0.2, -0.15) is 13.2 Å². The Morgan fingerprint density at radius 3 is 2.62 bits per heavy atom. The van der Waals surface area contributed by atoms with Crippen LogP contribution in [-0.4, -0.2) is 32.4 Å². The third-order valence-corrected chi connectivity index (χ3v) is 4.08. The summed E-state index contributed by atoms with van der Waals surface area (Å²) in [5.41, 5.74) is 1.55. The smallest absolute Gasteiger partial charge is 0.422 e. The van der Waals surface area contributed by atoms with Crippen LogP contribution in [0.25, 0.3) is 5.65 Å². The quantitative estimate of drug-likeness (QED) is 0.726. The summed E-state index contributed by atoms with van der Waals surface area (Å²) in [6.45, 7) is -0.843. The van der Waals surface area contributed by atoms with Gasteiger partial charge in [-0.1, -0.05) is 12.1 Å². The Morgan fingerprint density at radius 2 is 1.92 bits per heavy atom. The van der Waals surface area contributed by atoms with Gasteiger partial charge in [0.05, 0.1) is 0 Å². The Balaban J connectivity index is 1.42. The van der Waals surface area contributed by atoms with Gasteiger partial charge in [-0.25, -0.2) is 4.98 Å². The van der Waals surface area contributed by atoms with E-state index in [0.29, 0.717) is 23.9 Å². The van der Waals surface area contributed by atoms with E-state index in [-0.39, 0.29) is 5.75 Å². The number of benzene rings is 1. The van der Waals surface area contributed by atoms with Gasteiger partial charge in [0.1, 0.15) is 11.6 Å². The largest absolute Gasteiger partial charge is 0.484 e. The molecule has 136 valence electrons. The third kappa shape index (κ3) is 3.71. The minimum atomic E-state index is -4.35.